The highest BCUT2D eigenvalue weighted by Gasteiger charge is 2.11. The lowest BCUT2D eigenvalue weighted by Crippen LogP contribution is -2.05. The number of rotatable bonds is 3. The lowest BCUT2D eigenvalue weighted by atomic mass is 10.1. The number of hydrogen-bond acceptors (Lipinski definition) is 3. The lowest BCUT2D eigenvalue weighted by molar-refractivity contribution is 0.914. The van der Waals surface area contributed by atoms with Gasteiger partial charge < -0.3 is 0 Å². The van der Waals surface area contributed by atoms with Gasteiger partial charge in [-0.05, 0) is 6.42 Å². The SMILES string of the molecule is CCCc1c(-c2cnccn2)[nH][nH]c1=O. The van der Waals surface area contributed by atoms with E-state index in [1.54, 1.807) is 18.6 Å². The number of H-pyrrole nitrogens is 2. The van der Waals surface area contributed by atoms with E-state index < -0.39 is 0 Å². The normalized spacial score (nSPS) is 10.5. The first-order valence-corrected chi connectivity index (χ1v) is 4.88. The number of aromatic amines is 2. The van der Waals surface area contributed by atoms with Crippen molar-refractivity contribution in [2.75, 3.05) is 0 Å². The molecule has 5 nitrogen and oxygen atoms in total. The Bertz CT molecular complexity index is 486. The highest BCUT2D eigenvalue weighted by atomic mass is 16.1. The predicted molar refractivity (Wildman–Crippen MR) is 56.4 cm³/mol. The van der Waals surface area contributed by atoms with E-state index in [9.17, 15) is 4.79 Å². The van der Waals surface area contributed by atoms with Crippen molar-refractivity contribution < 1.29 is 0 Å². The molecule has 0 atom stereocenters. The van der Waals surface area contributed by atoms with Gasteiger partial charge in [-0.25, -0.2) is 0 Å². The Morgan fingerprint density at radius 3 is 2.87 bits per heavy atom. The minimum absolute atomic E-state index is 0.0718. The van der Waals surface area contributed by atoms with E-state index in [0.717, 1.165) is 24.1 Å². The topological polar surface area (TPSA) is 74.4 Å². The average Bonchev–Trinajstić information content (AvgIpc) is 2.63. The van der Waals surface area contributed by atoms with Crippen LogP contribution in [0, 0.1) is 0 Å². The highest BCUT2D eigenvalue weighted by Crippen LogP contribution is 2.15. The van der Waals surface area contributed by atoms with Crippen molar-refractivity contribution in [1.82, 2.24) is 20.2 Å². The van der Waals surface area contributed by atoms with Gasteiger partial charge in [0.25, 0.3) is 5.56 Å². The van der Waals surface area contributed by atoms with E-state index in [4.69, 9.17) is 0 Å². The largest absolute Gasteiger partial charge is 0.296 e. The van der Waals surface area contributed by atoms with Crippen LogP contribution in [0.15, 0.2) is 23.4 Å². The molecule has 0 bridgehead atoms. The molecule has 0 aliphatic heterocycles. The second kappa shape index (κ2) is 4.08. The van der Waals surface area contributed by atoms with Crippen LogP contribution in [0.4, 0.5) is 0 Å². The van der Waals surface area contributed by atoms with Crippen LogP contribution in [-0.2, 0) is 6.42 Å². The molecule has 0 amide bonds. The van der Waals surface area contributed by atoms with Crippen molar-refractivity contribution in [2.45, 2.75) is 19.8 Å². The van der Waals surface area contributed by atoms with Crippen LogP contribution < -0.4 is 5.56 Å². The van der Waals surface area contributed by atoms with Crippen molar-refractivity contribution in [2.24, 2.45) is 0 Å². The zero-order valence-corrected chi connectivity index (χ0v) is 8.45. The zero-order valence-electron chi connectivity index (χ0n) is 8.45. The van der Waals surface area contributed by atoms with Gasteiger partial charge in [-0.3, -0.25) is 25.0 Å². The van der Waals surface area contributed by atoms with Crippen molar-refractivity contribution in [1.29, 1.82) is 0 Å². The molecule has 78 valence electrons. The Labute approximate surface area is 86.6 Å². The molecular formula is C10H12N4O. The zero-order chi connectivity index (χ0) is 10.7. The molecule has 2 aromatic heterocycles. The van der Waals surface area contributed by atoms with E-state index >= 15 is 0 Å². The Kier molecular flexibility index (Phi) is 2.62. The number of aromatic nitrogens is 4. The van der Waals surface area contributed by atoms with Crippen molar-refractivity contribution in [3.8, 4) is 11.4 Å². The quantitative estimate of drug-likeness (QED) is 0.786. The molecule has 0 saturated carbocycles. The summed E-state index contributed by atoms with van der Waals surface area (Å²) in [5.74, 6) is 0. The van der Waals surface area contributed by atoms with Gasteiger partial charge >= 0.3 is 0 Å². The molecule has 0 aliphatic carbocycles. The fourth-order valence-electron chi connectivity index (χ4n) is 1.52. The van der Waals surface area contributed by atoms with Gasteiger partial charge in [-0.2, -0.15) is 0 Å². The maximum Gasteiger partial charge on any atom is 0.267 e. The van der Waals surface area contributed by atoms with Gasteiger partial charge in [0.2, 0.25) is 0 Å². The summed E-state index contributed by atoms with van der Waals surface area (Å²) in [4.78, 5) is 19.6. The van der Waals surface area contributed by atoms with E-state index in [1.165, 1.54) is 0 Å². The van der Waals surface area contributed by atoms with E-state index in [2.05, 4.69) is 20.2 Å². The molecule has 0 radical (unpaired) electrons. The molecule has 5 heteroatoms. The van der Waals surface area contributed by atoms with Crippen LogP contribution in [-0.4, -0.2) is 20.2 Å². The van der Waals surface area contributed by atoms with E-state index in [1.807, 2.05) is 6.92 Å². The fourth-order valence-corrected chi connectivity index (χ4v) is 1.52. The summed E-state index contributed by atoms with van der Waals surface area (Å²) in [5, 5.41) is 5.41. The first-order valence-electron chi connectivity index (χ1n) is 4.88. The Morgan fingerprint density at radius 1 is 1.33 bits per heavy atom. The highest BCUT2D eigenvalue weighted by molar-refractivity contribution is 5.56. The summed E-state index contributed by atoms with van der Waals surface area (Å²) >= 11 is 0. The third-order valence-electron chi connectivity index (χ3n) is 2.20. The van der Waals surface area contributed by atoms with Gasteiger partial charge in [0.05, 0.1) is 11.9 Å². The monoisotopic (exact) mass is 204 g/mol. The summed E-state index contributed by atoms with van der Waals surface area (Å²) in [7, 11) is 0. The van der Waals surface area contributed by atoms with Crippen LogP contribution in [0.1, 0.15) is 18.9 Å². The Balaban J connectivity index is 2.49. The summed E-state index contributed by atoms with van der Waals surface area (Å²) in [5.41, 5.74) is 2.12. The summed E-state index contributed by atoms with van der Waals surface area (Å²) in [6.45, 7) is 2.03. The average molecular weight is 204 g/mol. The summed E-state index contributed by atoms with van der Waals surface area (Å²) < 4.78 is 0. The van der Waals surface area contributed by atoms with Crippen molar-refractivity contribution >= 4 is 0 Å². The molecule has 15 heavy (non-hydrogen) atoms. The second-order valence-electron chi connectivity index (χ2n) is 3.27. The molecule has 0 saturated heterocycles. The van der Waals surface area contributed by atoms with Gasteiger partial charge in [0, 0.05) is 18.0 Å². The van der Waals surface area contributed by atoms with Crippen molar-refractivity contribution in [3.05, 3.63) is 34.5 Å². The first kappa shape index (κ1) is 9.64. The molecule has 0 fully saturated rings. The third kappa shape index (κ3) is 1.81. The van der Waals surface area contributed by atoms with Crippen LogP contribution >= 0.6 is 0 Å². The molecule has 0 aromatic carbocycles. The number of nitrogens with zero attached hydrogens (tertiary/aromatic N) is 2. The summed E-state index contributed by atoms with van der Waals surface area (Å²) in [6.07, 6.45) is 6.52. The molecule has 0 aliphatic rings. The van der Waals surface area contributed by atoms with Gasteiger partial charge in [-0.15, -0.1) is 0 Å². The Hall–Kier alpha value is -1.91. The second-order valence-corrected chi connectivity index (χ2v) is 3.27. The van der Waals surface area contributed by atoms with Gasteiger partial charge in [0.15, 0.2) is 0 Å². The van der Waals surface area contributed by atoms with Gasteiger partial charge in [-0.1, -0.05) is 13.3 Å². The van der Waals surface area contributed by atoms with E-state index in [0.29, 0.717) is 5.69 Å². The van der Waals surface area contributed by atoms with E-state index in [-0.39, 0.29) is 5.56 Å². The fraction of sp³-hybridized carbons (Fsp3) is 0.300. The third-order valence-corrected chi connectivity index (χ3v) is 2.20. The predicted octanol–water partition coefficient (Wildman–Crippen LogP) is 1.11. The minimum atomic E-state index is -0.0718. The van der Waals surface area contributed by atoms with Crippen LogP contribution in [0.3, 0.4) is 0 Å². The van der Waals surface area contributed by atoms with Crippen LogP contribution in [0.25, 0.3) is 11.4 Å². The maximum absolute atomic E-state index is 11.5. The molecule has 2 aromatic rings. The molecular weight excluding hydrogens is 192 g/mol. The minimum Gasteiger partial charge on any atom is -0.296 e. The van der Waals surface area contributed by atoms with Gasteiger partial charge in [0.1, 0.15) is 5.69 Å². The molecule has 2 heterocycles. The molecule has 0 spiro atoms. The standard InChI is InChI=1S/C10H12N4O/c1-2-3-7-9(13-14-10(7)15)8-6-11-4-5-12-8/h4-6H,2-3H2,1H3,(H2,13,14,15). The van der Waals surface area contributed by atoms with Crippen LogP contribution in [0.2, 0.25) is 0 Å². The van der Waals surface area contributed by atoms with Crippen LogP contribution in [0.5, 0.6) is 0 Å². The van der Waals surface area contributed by atoms with Crippen molar-refractivity contribution in [3.63, 3.8) is 0 Å². The maximum atomic E-state index is 11.5. The molecule has 2 rings (SSSR count). The lowest BCUT2D eigenvalue weighted by Gasteiger charge is -1.98. The molecule has 0 unspecified atom stereocenters. The summed E-state index contributed by atoms with van der Waals surface area (Å²) in [6, 6.07) is 0. The number of nitrogens with one attached hydrogen (secondary N) is 2. The molecule has 2 N–H and O–H groups in total. The first-order chi connectivity index (χ1) is 7.33. The Morgan fingerprint density at radius 2 is 2.20 bits per heavy atom. The smallest absolute Gasteiger partial charge is 0.267 e. The number of hydrogen-bond donors (Lipinski definition) is 2.